The number of nitrogens with zero attached hydrogens (tertiary/aromatic N) is 1. The van der Waals surface area contributed by atoms with Gasteiger partial charge in [0.2, 0.25) is 0 Å². The summed E-state index contributed by atoms with van der Waals surface area (Å²) in [5, 5.41) is 9.59. The standard InChI is InChI=1S/C13H22N4O2/c1-2-10-11(14)12(17-16-10)13(18)15-7-6-9-5-3-4-8-19-9/h9H,2-8,14H2,1H3,(H,15,18)(H,16,17). The fourth-order valence-electron chi connectivity index (χ4n) is 2.29. The van der Waals surface area contributed by atoms with Crippen LogP contribution in [0.5, 0.6) is 0 Å². The molecule has 1 atom stereocenters. The van der Waals surface area contributed by atoms with Crippen LogP contribution in [0.25, 0.3) is 0 Å². The minimum atomic E-state index is -0.218. The van der Waals surface area contributed by atoms with Crippen LogP contribution in [-0.2, 0) is 11.2 Å². The van der Waals surface area contributed by atoms with Gasteiger partial charge in [-0.2, -0.15) is 5.10 Å². The van der Waals surface area contributed by atoms with Gasteiger partial charge in [-0.15, -0.1) is 0 Å². The predicted octanol–water partition coefficient (Wildman–Crippen LogP) is 1.24. The van der Waals surface area contributed by atoms with Gasteiger partial charge in [0.05, 0.1) is 17.5 Å². The number of aromatic nitrogens is 2. The van der Waals surface area contributed by atoms with Crippen LogP contribution >= 0.6 is 0 Å². The van der Waals surface area contributed by atoms with E-state index in [9.17, 15) is 4.79 Å². The molecular formula is C13H22N4O2. The number of carbonyl (C=O) groups excluding carboxylic acids is 1. The monoisotopic (exact) mass is 266 g/mol. The number of nitrogens with one attached hydrogen (secondary N) is 2. The molecule has 0 saturated carbocycles. The van der Waals surface area contributed by atoms with E-state index >= 15 is 0 Å². The van der Waals surface area contributed by atoms with E-state index in [1.807, 2.05) is 6.92 Å². The molecule has 1 saturated heterocycles. The lowest BCUT2D eigenvalue weighted by atomic mass is 10.1. The molecule has 0 bridgehead atoms. The number of aromatic amines is 1. The van der Waals surface area contributed by atoms with Crippen LogP contribution in [0.2, 0.25) is 0 Å². The Balaban J connectivity index is 1.78. The normalized spacial score (nSPS) is 19.3. The highest BCUT2D eigenvalue weighted by Gasteiger charge is 2.17. The Kier molecular flexibility index (Phi) is 4.79. The molecule has 0 spiro atoms. The number of hydrogen-bond acceptors (Lipinski definition) is 4. The van der Waals surface area contributed by atoms with Crippen LogP contribution in [0.3, 0.4) is 0 Å². The molecule has 1 aliphatic rings. The lowest BCUT2D eigenvalue weighted by molar-refractivity contribution is 0.0117. The van der Waals surface area contributed by atoms with Gasteiger partial charge >= 0.3 is 0 Å². The van der Waals surface area contributed by atoms with Gasteiger partial charge in [-0.1, -0.05) is 6.92 Å². The maximum absolute atomic E-state index is 11.9. The van der Waals surface area contributed by atoms with Crippen molar-refractivity contribution in [2.24, 2.45) is 0 Å². The number of anilines is 1. The Morgan fingerprint density at radius 3 is 3.05 bits per heavy atom. The molecule has 19 heavy (non-hydrogen) atoms. The lowest BCUT2D eigenvalue weighted by Gasteiger charge is -2.22. The fourth-order valence-corrected chi connectivity index (χ4v) is 2.29. The van der Waals surface area contributed by atoms with Crippen LogP contribution in [0.4, 0.5) is 5.69 Å². The van der Waals surface area contributed by atoms with Crippen molar-refractivity contribution in [3.8, 4) is 0 Å². The number of aryl methyl sites for hydroxylation is 1. The van der Waals surface area contributed by atoms with Crippen molar-refractivity contribution in [3.05, 3.63) is 11.4 Å². The summed E-state index contributed by atoms with van der Waals surface area (Å²) < 4.78 is 5.61. The molecule has 6 nitrogen and oxygen atoms in total. The largest absolute Gasteiger partial charge is 0.395 e. The molecule has 6 heteroatoms. The van der Waals surface area contributed by atoms with Gasteiger partial charge in [0.15, 0.2) is 5.69 Å². The van der Waals surface area contributed by atoms with Crippen molar-refractivity contribution >= 4 is 11.6 Å². The van der Waals surface area contributed by atoms with Gasteiger partial charge in [-0.3, -0.25) is 9.89 Å². The highest BCUT2D eigenvalue weighted by molar-refractivity contribution is 5.97. The molecule has 1 aromatic rings. The second-order valence-electron chi connectivity index (χ2n) is 4.85. The Bertz CT molecular complexity index is 424. The zero-order valence-corrected chi connectivity index (χ0v) is 11.4. The topological polar surface area (TPSA) is 93.0 Å². The van der Waals surface area contributed by atoms with Crippen molar-refractivity contribution in [2.75, 3.05) is 18.9 Å². The fraction of sp³-hybridized carbons (Fsp3) is 0.692. The summed E-state index contributed by atoms with van der Waals surface area (Å²) in [6.45, 7) is 3.40. The molecule has 1 fully saturated rings. The molecule has 0 aliphatic carbocycles. The number of nitrogen functional groups attached to an aromatic ring is 1. The summed E-state index contributed by atoms with van der Waals surface area (Å²) in [4.78, 5) is 11.9. The first-order valence-electron chi connectivity index (χ1n) is 6.95. The number of hydrogen-bond donors (Lipinski definition) is 3. The summed E-state index contributed by atoms with van der Waals surface area (Å²) in [6.07, 6.45) is 5.30. The Hall–Kier alpha value is -1.56. The van der Waals surface area contributed by atoms with Crippen molar-refractivity contribution in [1.82, 2.24) is 15.5 Å². The average molecular weight is 266 g/mol. The summed E-state index contributed by atoms with van der Waals surface area (Å²) in [6, 6.07) is 0. The Morgan fingerprint density at radius 1 is 1.58 bits per heavy atom. The third kappa shape index (κ3) is 3.47. The predicted molar refractivity (Wildman–Crippen MR) is 72.9 cm³/mol. The quantitative estimate of drug-likeness (QED) is 0.747. The van der Waals surface area contributed by atoms with Gasteiger partial charge < -0.3 is 15.8 Å². The number of nitrogens with two attached hydrogens (primary N) is 1. The second kappa shape index (κ2) is 6.56. The van der Waals surface area contributed by atoms with Gasteiger partial charge in [-0.25, -0.2) is 0 Å². The SMILES string of the molecule is CCc1[nH]nc(C(=O)NCCC2CCCCO2)c1N. The van der Waals surface area contributed by atoms with Crippen LogP contribution in [0, 0.1) is 0 Å². The van der Waals surface area contributed by atoms with E-state index in [4.69, 9.17) is 10.5 Å². The average Bonchev–Trinajstić information content (AvgIpc) is 2.81. The number of ether oxygens (including phenoxy) is 1. The van der Waals surface area contributed by atoms with E-state index in [1.165, 1.54) is 6.42 Å². The highest BCUT2D eigenvalue weighted by Crippen LogP contribution is 2.16. The molecular weight excluding hydrogens is 244 g/mol. The molecule has 4 N–H and O–H groups in total. The van der Waals surface area contributed by atoms with Crippen LogP contribution < -0.4 is 11.1 Å². The first-order chi connectivity index (χ1) is 9.22. The Morgan fingerprint density at radius 2 is 2.42 bits per heavy atom. The van der Waals surface area contributed by atoms with Gasteiger partial charge in [0, 0.05) is 13.2 Å². The molecule has 1 aromatic heterocycles. The number of carbonyl (C=O) groups is 1. The van der Waals surface area contributed by atoms with E-state index in [2.05, 4.69) is 15.5 Å². The van der Waals surface area contributed by atoms with Crippen molar-refractivity contribution in [2.45, 2.75) is 45.1 Å². The van der Waals surface area contributed by atoms with Crippen LogP contribution in [0.1, 0.15) is 48.8 Å². The molecule has 1 aliphatic heterocycles. The third-order valence-corrected chi connectivity index (χ3v) is 3.48. The first-order valence-corrected chi connectivity index (χ1v) is 6.95. The molecule has 2 heterocycles. The molecule has 0 radical (unpaired) electrons. The zero-order chi connectivity index (χ0) is 13.7. The van der Waals surface area contributed by atoms with E-state index < -0.39 is 0 Å². The second-order valence-corrected chi connectivity index (χ2v) is 4.85. The molecule has 1 amide bonds. The number of H-pyrrole nitrogens is 1. The van der Waals surface area contributed by atoms with Crippen LogP contribution in [0.15, 0.2) is 0 Å². The van der Waals surface area contributed by atoms with Gasteiger partial charge in [-0.05, 0) is 32.1 Å². The summed E-state index contributed by atoms with van der Waals surface area (Å²) in [5.41, 5.74) is 7.40. The minimum absolute atomic E-state index is 0.218. The van der Waals surface area contributed by atoms with E-state index in [0.717, 1.165) is 38.0 Å². The zero-order valence-electron chi connectivity index (χ0n) is 11.4. The molecule has 106 valence electrons. The summed E-state index contributed by atoms with van der Waals surface area (Å²) in [5.74, 6) is -0.218. The highest BCUT2D eigenvalue weighted by atomic mass is 16.5. The van der Waals surface area contributed by atoms with E-state index in [-0.39, 0.29) is 12.0 Å². The minimum Gasteiger partial charge on any atom is -0.395 e. The maximum Gasteiger partial charge on any atom is 0.273 e. The number of amides is 1. The maximum atomic E-state index is 11.9. The van der Waals surface area contributed by atoms with Crippen molar-refractivity contribution in [1.29, 1.82) is 0 Å². The first kappa shape index (κ1) is 13.9. The van der Waals surface area contributed by atoms with Crippen molar-refractivity contribution in [3.63, 3.8) is 0 Å². The summed E-state index contributed by atoms with van der Waals surface area (Å²) in [7, 11) is 0. The van der Waals surface area contributed by atoms with Gasteiger partial charge in [0.1, 0.15) is 0 Å². The van der Waals surface area contributed by atoms with E-state index in [1.54, 1.807) is 0 Å². The lowest BCUT2D eigenvalue weighted by Crippen LogP contribution is -2.30. The summed E-state index contributed by atoms with van der Waals surface area (Å²) >= 11 is 0. The van der Waals surface area contributed by atoms with Gasteiger partial charge in [0.25, 0.3) is 5.91 Å². The van der Waals surface area contributed by atoms with Crippen molar-refractivity contribution < 1.29 is 9.53 Å². The molecule has 2 rings (SSSR count). The molecule has 0 aromatic carbocycles. The number of rotatable bonds is 5. The molecule has 1 unspecified atom stereocenters. The van der Waals surface area contributed by atoms with E-state index in [0.29, 0.717) is 17.9 Å². The Labute approximate surface area is 113 Å². The smallest absolute Gasteiger partial charge is 0.273 e. The third-order valence-electron chi connectivity index (χ3n) is 3.48. The van der Waals surface area contributed by atoms with Crippen LogP contribution in [-0.4, -0.2) is 35.4 Å².